The SMILES string of the molecule is Nc1cccc2c1OCCC2F. The Bertz CT molecular complexity index is 301. The molecule has 1 heterocycles. The predicted molar refractivity (Wildman–Crippen MR) is 44.8 cm³/mol. The maximum absolute atomic E-state index is 13.2. The third-order valence-corrected chi connectivity index (χ3v) is 2.03. The van der Waals surface area contributed by atoms with E-state index in [0.29, 0.717) is 30.0 Å². The molecule has 64 valence electrons. The van der Waals surface area contributed by atoms with Crippen LogP contribution in [-0.4, -0.2) is 6.61 Å². The van der Waals surface area contributed by atoms with E-state index in [2.05, 4.69) is 0 Å². The van der Waals surface area contributed by atoms with Crippen LogP contribution in [0.15, 0.2) is 18.2 Å². The van der Waals surface area contributed by atoms with E-state index in [0.717, 1.165) is 0 Å². The summed E-state index contributed by atoms with van der Waals surface area (Å²) in [5.41, 5.74) is 6.72. The van der Waals surface area contributed by atoms with E-state index in [9.17, 15) is 4.39 Å². The van der Waals surface area contributed by atoms with Gasteiger partial charge in [0.15, 0.2) is 0 Å². The molecule has 1 atom stereocenters. The Kier molecular flexibility index (Phi) is 1.64. The lowest BCUT2D eigenvalue weighted by molar-refractivity contribution is 0.201. The van der Waals surface area contributed by atoms with Crippen LogP contribution in [-0.2, 0) is 0 Å². The molecule has 0 spiro atoms. The van der Waals surface area contributed by atoms with Crippen LogP contribution in [0.5, 0.6) is 5.75 Å². The number of hydrogen-bond acceptors (Lipinski definition) is 2. The molecule has 1 aromatic carbocycles. The molecule has 1 unspecified atom stereocenters. The van der Waals surface area contributed by atoms with Gasteiger partial charge < -0.3 is 10.5 Å². The van der Waals surface area contributed by atoms with Gasteiger partial charge in [-0.3, -0.25) is 0 Å². The Labute approximate surface area is 70.1 Å². The molecule has 1 aliphatic rings. The Morgan fingerprint density at radius 3 is 3.08 bits per heavy atom. The molecule has 3 heteroatoms. The minimum absolute atomic E-state index is 0.419. The minimum Gasteiger partial charge on any atom is -0.491 e. The molecule has 2 rings (SSSR count). The summed E-state index contributed by atoms with van der Waals surface area (Å²) in [6.07, 6.45) is -0.492. The summed E-state index contributed by atoms with van der Waals surface area (Å²) in [5.74, 6) is 0.524. The molecule has 1 aromatic rings. The van der Waals surface area contributed by atoms with E-state index in [1.807, 2.05) is 0 Å². The van der Waals surface area contributed by atoms with Gasteiger partial charge in [-0.25, -0.2) is 4.39 Å². The zero-order chi connectivity index (χ0) is 8.55. The maximum Gasteiger partial charge on any atom is 0.148 e. The molecule has 0 fully saturated rings. The summed E-state index contributed by atoms with van der Waals surface area (Å²) in [5, 5.41) is 0. The first-order valence-corrected chi connectivity index (χ1v) is 3.94. The summed E-state index contributed by atoms with van der Waals surface area (Å²) in [6.45, 7) is 0.419. The monoisotopic (exact) mass is 167 g/mol. The molecule has 1 aliphatic heterocycles. The fourth-order valence-electron chi connectivity index (χ4n) is 1.41. The van der Waals surface area contributed by atoms with Gasteiger partial charge in [0.25, 0.3) is 0 Å². The summed E-state index contributed by atoms with van der Waals surface area (Å²) in [6, 6.07) is 5.18. The van der Waals surface area contributed by atoms with Crippen LogP contribution in [0.25, 0.3) is 0 Å². The number of anilines is 1. The van der Waals surface area contributed by atoms with Gasteiger partial charge in [-0.2, -0.15) is 0 Å². The second-order valence-corrected chi connectivity index (χ2v) is 2.87. The van der Waals surface area contributed by atoms with E-state index in [-0.39, 0.29) is 0 Å². The number of para-hydroxylation sites is 1. The lowest BCUT2D eigenvalue weighted by Gasteiger charge is -2.21. The van der Waals surface area contributed by atoms with Crippen molar-refractivity contribution >= 4 is 5.69 Å². The smallest absolute Gasteiger partial charge is 0.148 e. The Balaban J connectivity index is 2.52. The Morgan fingerprint density at radius 1 is 1.50 bits per heavy atom. The molecule has 0 aromatic heterocycles. The molecule has 0 aliphatic carbocycles. The predicted octanol–water partition coefficient (Wildman–Crippen LogP) is 2.06. The highest BCUT2D eigenvalue weighted by Crippen LogP contribution is 2.37. The second kappa shape index (κ2) is 2.66. The van der Waals surface area contributed by atoms with Crippen molar-refractivity contribution in [3.05, 3.63) is 23.8 Å². The molecule has 12 heavy (non-hydrogen) atoms. The number of rotatable bonds is 0. The van der Waals surface area contributed by atoms with Crippen LogP contribution in [0.1, 0.15) is 18.2 Å². The number of nitrogens with two attached hydrogens (primary N) is 1. The molecular formula is C9H10FNO. The molecule has 0 radical (unpaired) electrons. The highest BCUT2D eigenvalue weighted by molar-refractivity contribution is 5.58. The first-order valence-electron chi connectivity index (χ1n) is 3.94. The van der Waals surface area contributed by atoms with Gasteiger partial charge in [-0.05, 0) is 6.07 Å². The molecular weight excluding hydrogens is 157 g/mol. The van der Waals surface area contributed by atoms with Crippen LogP contribution < -0.4 is 10.5 Å². The van der Waals surface area contributed by atoms with E-state index < -0.39 is 6.17 Å². The van der Waals surface area contributed by atoms with Gasteiger partial charge in [0, 0.05) is 12.0 Å². The summed E-state index contributed by atoms with van der Waals surface area (Å²) >= 11 is 0. The highest BCUT2D eigenvalue weighted by atomic mass is 19.1. The number of halogens is 1. The van der Waals surface area contributed by atoms with Gasteiger partial charge in [-0.1, -0.05) is 12.1 Å². The average molecular weight is 167 g/mol. The molecule has 0 saturated heterocycles. The van der Waals surface area contributed by atoms with Crippen molar-refractivity contribution in [2.75, 3.05) is 12.3 Å². The number of fused-ring (bicyclic) bond motifs is 1. The quantitative estimate of drug-likeness (QED) is 0.600. The maximum atomic E-state index is 13.2. The van der Waals surface area contributed by atoms with Gasteiger partial charge in [0.05, 0.1) is 12.3 Å². The number of benzene rings is 1. The van der Waals surface area contributed by atoms with E-state index in [4.69, 9.17) is 10.5 Å². The molecule has 0 saturated carbocycles. The van der Waals surface area contributed by atoms with Gasteiger partial charge >= 0.3 is 0 Å². The lowest BCUT2D eigenvalue weighted by atomic mass is 10.0. The molecule has 2 nitrogen and oxygen atoms in total. The second-order valence-electron chi connectivity index (χ2n) is 2.87. The van der Waals surface area contributed by atoms with Crippen molar-refractivity contribution in [2.45, 2.75) is 12.6 Å². The first-order chi connectivity index (χ1) is 5.79. The van der Waals surface area contributed by atoms with E-state index in [1.54, 1.807) is 18.2 Å². The normalized spacial score (nSPS) is 21.2. The van der Waals surface area contributed by atoms with Crippen LogP contribution in [0.2, 0.25) is 0 Å². The van der Waals surface area contributed by atoms with E-state index in [1.165, 1.54) is 0 Å². The van der Waals surface area contributed by atoms with Crippen molar-refractivity contribution in [2.24, 2.45) is 0 Å². The van der Waals surface area contributed by atoms with Crippen LogP contribution in [0.3, 0.4) is 0 Å². The standard InChI is InChI=1S/C9H10FNO/c10-7-4-5-12-9-6(7)2-1-3-8(9)11/h1-3,7H,4-5,11H2. The van der Waals surface area contributed by atoms with Crippen molar-refractivity contribution in [3.63, 3.8) is 0 Å². The molecule has 2 N–H and O–H groups in total. The number of alkyl halides is 1. The topological polar surface area (TPSA) is 35.2 Å². The van der Waals surface area contributed by atoms with Crippen LogP contribution in [0, 0.1) is 0 Å². The van der Waals surface area contributed by atoms with Crippen LogP contribution in [0.4, 0.5) is 10.1 Å². The number of hydrogen-bond donors (Lipinski definition) is 1. The largest absolute Gasteiger partial charge is 0.491 e. The number of nitrogen functional groups attached to an aromatic ring is 1. The first kappa shape index (κ1) is 7.40. The molecule has 0 bridgehead atoms. The van der Waals surface area contributed by atoms with Gasteiger partial charge in [0.1, 0.15) is 11.9 Å². The average Bonchev–Trinajstić information content (AvgIpc) is 2.07. The Hall–Kier alpha value is -1.25. The highest BCUT2D eigenvalue weighted by Gasteiger charge is 2.21. The van der Waals surface area contributed by atoms with Gasteiger partial charge in [0.2, 0.25) is 0 Å². The fraction of sp³-hybridized carbons (Fsp3) is 0.333. The van der Waals surface area contributed by atoms with Crippen LogP contribution >= 0.6 is 0 Å². The fourth-order valence-corrected chi connectivity index (χ4v) is 1.41. The third kappa shape index (κ3) is 1.02. The zero-order valence-electron chi connectivity index (χ0n) is 6.59. The Morgan fingerprint density at radius 2 is 2.33 bits per heavy atom. The van der Waals surface area contributed by atoms with Crippen molar-refractivity contribution < 1.29 is 9.13 Å². The summed E-state index contributed by atoms with van der Waals surface area (Å²) < 4.78 is 18.5. The van der Waals surface area contributed by atoms with Crippen molar-refractivity contribution in [1.29, 1.82) is 0 Å². The van der Waals surface area contributed by atoms with Gasteiger partial charge in [-0.15, -0.1) is 0 Å². The minimum atomic E-state index is -0.919. The third-order valence-electron chi connectivity index (χ3n) is 2.03. The zero-order valence-corrected chi connectivity index (χ0v) is 6.59. The van der Waals surface area contributed by atoms with Crippen molar-refractivity contribution in [3.8, 4) is 5.75 Å². The summed E-state index contributed by atoms with van der Waals surface area (Å²) in [7, 11) is 0. The lowest BCUT2D eigenvalue weighted by Crippen LogP contribution is -2.12. The van der Waals surface area contributed by atoms with Crippen molar-refractivity contribution in [1.82, 2.24) is 0 Å². The summed E-state index contributed by atoms with van der Waals surface area (Å²) in [4.78, 5) is 0. The number of ether oxygens (including phenoxy) is 1. The van der Waals surface area contributed by atoms with E-state index >= 15 is 0 Å². The molecule has 0 amide bonds.